The molecule has 12 heteroatoms. The molecule has 1 aromatic heterocycles. The molecule has 2 rings (SSSR count). The topological polar surface area (TPSA) is 220 Å². The standard InChI is InChI=1S/C28H41N9O3/c1-4-17(2)23(26(39)36-22(25(31)38)8-6-14-35-28(32)33)37(3)27(40)21(20-7-5-13-34-16-20)15-18-9-11-19(12-10-18)24(29)30/h5,7,9-13,16-17,21-23H,4,6,8,14-15H2,1-3H3,(H3,29,30)(H2,31,38)(H,36,39)(H4,32,33,35)/t17?,21?,22-,23-/m0/s1. The van der Waals surface area contributed by atoms with Gasteiger partial charge in [-0.25, -0.2) is 0 Å². The molecule has 12 nitrogen and oxygen atoms in total. The number of carbonyl (C=O) groups is 3. The number of aliphatic imine (C=N–C) groups is 1. The van der Waals surface area contributed by atoms with Crippen LogP contribution in [0.3, 0.4) is 0 Å². The van der Waals surface area contributed by atoms with Gasteiger partial charge in [0, 0.05) is 31.5 Å². The van der Waals surface area contributed by atoms with E-state index in [0.29, 0.717) is 30.4 Å². The molecule has 2 unspecified atom stereocenters. The second-order valence-electron chi connectivity index (χ2n) is 9.85. The summed E-state index contributed by atoms with van der Waals surface area (Å²) in [5.41, 5.74) is 24.0. The number of amidine groups is 1. The highest BCUT2D eigenvalue weighted by Gasteiger charge is 2.36. The number of pyridine rings is 1. The molecule has 0 saturated carbocycles. The first-order valence-electron chi connectivity index (χ1n) is 13.2. The van der Waals surface area contributed by atoms with Crippen LogP contribution in [0.1, 0.15) is 55.7 Å². The number of aromatic nitrogens is 1. The average Bonchev–Trinajstić information content (AvgIpc) is 2.93. The average molecular weight is 552 g/mol. The number of guanidine groups is 1. The van der Waals surface area contributed by atoms with Crippen molar-refractivity contribution in [3.8, 4) is 0 Å². The van der Waals surface area contributed by atoms with Crippen LogP contribution in [-0.2, 0) is 20.8 Å². The van der Waals surface area contributed by atoms with E-state index in [9.17, 15) is 14.4 Å². The van der Waals surface area contributed by atoms with Gasteiger partial charge in [0.25, 0.3) is 0 Å². The zero-order chi connectivity index (χ0) is 29.8. The molecule has 1 heterocycles. The van der Waals surface area contributed by atoms with Crippen LogP contribution >= 0.6 is 0 Å². The molecule has 2 aromatic rings. The molecule has 0 spiro atoms. The van der Waals surface area contributed by atoms with Crippen LogP contribution in [0, 0.1) is 11.3 Å². The normalized spacial score (nSPS) is 13.8. The minimum Gasteiger partial charge on any atom is -0.384 e. The first kappa shape index (κ1) is 31.7. The van der Waals surface area contributed by atoms with Crippen molar-refractivity contribution in [1.82, 2.24) is 15.2 Å². The minimum atomic E-state index is -0.939. The van der Waals surface area contributed by atoms with E-state index in [2.05, 4.69) is 15.3 Å². The lowest BCUT2D eigenvalue weighted by Gasteiger charge is -2.34. The van der Waals surface area contributed by atoms with Crippen molar-refractivity contribution < 1.29 is 14.4 Å². The van der Waals surface area contributed by atoms with Crippen molar-refractivity contribution >= 4 is 29.5 Å². The molecule has 40 heavy (non-hydrogen) atoms. The van der Waals surface area contributed by atoms with Gasteiger partial charge in [0.15, 0.2) is 5.96 Å². The van der Waals surface area contributed by atoms with Gasteiger partial charge < -0.3 is 33.2 Å². The number of hydrogen-bond acceptors (Lipinski definition) is 6. The van der Waals surface area contributed by atoms with Gasteiger partial charge in [0.05, 0.1) is 5.92 Å². The van der Waals surface area contributed by atoms with Crippen molar-refractivity contribution in [1.29, 1.82) is 5.41 Å². The molecule has 216 valence electrons. The third kappa shape index (κ3) is 9.07. The van der Waals surface area contributed by atoms with Gasteiger partial charge in [-0.05, 0) is 42.4 Å². The first-order chi connectivity index (χ1) is 19.0. The molecule has 4 atom stereocenters. The molecule has 0 bridgehead atoms. The number of carbonyl (C=O) groups excluding carboxylic acids is 3. The van der Waals surface area contributed by atoms with Crippen LogP contribution in [0.5, 0.6) is 0 Å². The van der Waals surface area contributed by atoms with Gasteiger partial charge in [0.2, 0.25) is 17.7 Å². The maximum atomic E-state index is 14.0. The Bertz CT molecular complexity index is 1180. The highest BCUT2D eigenvalue weighted by atomic mass is 16.2. The summed E-state index contributed by atoms with van der Waals surface area (Å²) in [6, 6.07) is 8.91. The van der Waals surface area contributed by atoms with Crippen LogP contribution in [0.15, 0.2) is 53.8 Å². The summed E-state index contributed by atoms with van der Waals surface area (Å²) in [5.74, 6) is -2.37. The predicted molar refractivity (Wildman–Crippen MR) is 155 cm³/mol. The van der Waals surface area contributed by atoms with Gasteiger partial charge in [-0.2, -0.15) is 0 Å². The predicted octanol–water partition coefficient (Wildman–Crippen LogP) is 0.589. The van der Waals surface area contributed by atoms with Gasteiger partial charge in [-0.3, -0.25) is 29.8 Å². The maximum absolute atomic E-state index is 14.0. The lowest BCUT2D eigenvalue weighted by atomic mass is 9.89. The zero-order valence-corrected chi connectivity index (χ0v) is 23.3. The third-order valence-electron chi connectivity index (χ3n) is 6.91. The first-order valence-corrected chi connectivity index (χ1v) is 13.2. The Hall–Kier alpha value is -4.48. The Morgan fingerprint density at radius 1 is 1.10 bits per heavy atom. The summed E-state index contributed by atoms with van der Waals surface area (Å²) in [5, 5.41) is 10.4. The number of amides is 3. The van der Waals surface area contributed by atoms with Crippen LogP contribution in [0.4, 0.5) is 0 Å². The fraction of sp³-hybridized carbons (Fsp3) is 0.429. The monoisotopic (exact) mass is 551 g/mol. The lowest BCUT2D eigenvalue weighted by Crippen LogP contribution is -2.56. The quantitative estimate of drug-likeness (QED) is 0.105. The summed E-state index contributed by atoms with van der Waals surface area (Å²) in [6.45, 7) is 4.10. The molecule has 0 fully saturated rings. The highest BCUT2D eigenvalue weighted by molar-refractivity contribution is 5.95. The van der Waals surface area contributed by atoms with E-state index in [0.717, 1.165) is 5.56 Å². The molecule has 0 aliphatic rings. The Morgan fingerprint density at radius 3 is 2.30 bits per heavy atom. The minimum absolute atomic E-state index is 0.0425. The Balaban J connectivity index is 2.32. The van der Waals surface area contributed by atoms with E-state index < -0.39 is 29.8 Å². The van der Waals surface area contributed by atoms with Crippen molar-refractivity contribution in [3.63, 3.8) is 0 Å². The fourth-order valence-electron chi connectivity index (χ4n) is 4.45. The van der Waals surface area contributed by atoms with Crippen molar-refractivity contribution in [2.45, 2.75) is 57.5 Å². The molecule has 0 aliphatic heterocycles. The van der Waals surface area contributed by atoms with Crippen molar-refractivity contribution in [2.75, 3.05) is 13.6 Å². The maximum Gasteiger partial charge on any atom is 0.243 e. The summed E-state index contributed by atoms with van der Waals surface area (Å²) in [7, 11) is 1.60. The van der Waals surface area contributed by atoms with Gasteiger partial charge >= 0.3 is 0 Å². The zero-order valence-electron chi connectivity index (χ0n) is 23.3. The van der Waals surface area contributed by atoms with E-state index >= 15 is 0 Å². The Labute approximate surface area is 235 Å². The van der Waals surface area contributed by atoms with Gasteiger partial charge in [0.1, 0.15) is 17.9 Å². The number of likely N-dealkylation sites (N-methyl/N-ethyl adjacent to an activating group) is 1. The summed E-state index contributed by atoms with van der Waals surface area (Å²) in [4.78, 5) is 49.2. The third-order valence-corrected chi connectivity index (χ3v) is 6.91. The highest BCUT2D eigenvalue weighted by Crippen LogP contribution is 2.26. The Morgan fingerprint density at radius 2 is 1.77 bits per heavy atom. The molecule has 0 aliphatic carbocycles. The number of primary amides is 1. The van der Waals surface area contributed by atoms with E-state index in [-0.39, 0.29) is 36.6 Å². The number of benzene rings is 1. The number of rotatable bonds is 15. The molecule has 1 aromatic carbocycles. The number of nitrogens with zero attached hydrogens (tertiary/aromatic N) is 3. The molecule has 0 saturated heterocycles. The lowest BCUT2D eigenvalue weighted by molar-refractivity contribution is -0.142. The molecular weight excluding hydrogens is 510 g/mol. The number of nitrogens with one attached hydrogen (secondary N) is 2. The van der Waals surface area contributed by atoms with Gasteiger partial charge in [-0.1, -0.05) is 50.6 Å². The van der Waals surface area contributed by atoms with Crippen LogP contribution in [0.25, 0.3) is 0 Å². The fourth-order valence-corrected chi connectivity index (χ4v) is 4.45. The van der Waals surface area contributed by atoms with E-state index in [1.54, 1.807) is 37.6 Å². The van der Waals surface area contributed by atoms with Crippen molar-refractivity contribution in [3.05, 3.63) is 65.5 Å². The number of nitrogens with two attached hydrogens (primary N) is 4. The largest absolute Gasteiger partial charge is 0.384 e. The number of hydrogen-bond donors (Lipinski definition) is 6. The molecular formula is C28H41N9O3. The SMILES string of the molecule is CCC(C)[C@@H](C(=O)N[C@@H](CCCN=C(N)N)C(N)=O)N(C)C(=O)C(Cc1ccc(C(=N)N)cc1)c1cccnc1. The van der Waals surface area contributed by atoms with E-state index in [1.165, 1.54) is 4.90 Å². The van der Waals surface area contributed by atoms with E-state index in [1.807, 2.05) is 32.0 Å². The summed E-state index contributed by atoms with van der Waals surface area (Å²) >= 11 is 0. The van der Waals surface area contributed by atoms with E-state index in [4.69, 9.17) is 28.3 Å². The molecule has 3 amide bonds. The Kier molecular flexibility index (Phi) is 12.1. The molecule has 10 N–H and O–H groups in total. The smallest absolute Gasteiger partial charge is 0.243 e. The van der Waals surface area contributed by atoms with Gasteiger partial charge in [-0.15, -0.1) is 0 Å². The van der Waals surface area contributed by atoms with Crippen LogP contribution < -0.4 is 28.3 Å². The van der Waals surface area contributed by atoms with Crippen molar-refractivity contribution in [2.24, 2.45) is 33.8 Å². The second-order valence-corrected chi connectivity index (χ2v) is 9.85. The second kappa shape index (κ2) is 15.2. The van der Waals surface area contributed by atoms with Crippen LogP contribution in [0.2, 0.25) is 0 Å². The summed E-state index contributed by atoms with van der Waals surface area (Å²) in [6.07, 6.45) is 4.90. The van der Waals surface area contributed by atoms with Crippen LogP contribution in [-0.4, -0.2) is 65.1 Å². The summed E-state index contributed by atoms with van der Waals surface area (Å²) < 4.78 is 0. The number of nitrogen functional groups attached to an aromatic ring is 1. The molecule has 0 radical (unpaired) electrons.